The molecule has 4 rings (SSSR count). The second kappa shape index (κ2) is 9.67. The summed E-state index contributed by atoms with van der Waals surface area (Å²) in [6.07, 6.45) is 4.61. The number of rotatable bonds is 7. The number of thioether (sulfide) groups is 1. The van der Waals surface area contributed by atoms with Crippen molar-refractivity contribution in [2.75, 3.05) is 12.8 Å². The topological polar surface area (TPSA) is 51.0 Å². The molecule has 30 heavy (non-hydrogen) atoms. The zero-order valence-electron chi connectivity index (χ0n) is 17.0. The molecule has 1 amide bonds. The third kappa shape index (κ3) is 4.71. The predicted molar refractivity (Wildman–Crippen MR) is 122 cm³/mol. The summed E-state index contributed by atoms with van der Waals surface area (Å²) >= 11 is 7.90. The number of benzene rings is 2. The second-order valence-electron chi connectivity index (χ2n) is 7.62. The zero-order valence-corrected chi connectivity index (χ0v) is 18.6. The van der Waals surface area contributed by atoms with Gasteiger partial charge in [0, 0.05) is 25.2 Å². The molecule has 0 unspecified atom stereocenters. The number of carbonyl (C=O) groups is 1. The minimum Gasteiger partial charge on any atom is -0.341 e. The summed E-state index contributed by atoms with van der Waals surface area (Å²) in [5.41, 5.74) is 2.01. The molecule has 2 aromatic carbocycles. The van der Waals surface area contributed by atoms with Crippen LogP contribution in [0.3, 0.4) is 0 Å². The Labute approximate surface area is 186 Å². The van der Waals surface area contributed by atoms with Crippen molar-refractivity contribution in [1.82, 2.24) is 19.7 Å². The summed E-state index contributed by atoms with van der Waals surface area (Å²) in [7, 11) is 1.84. The number of nitrogens with zero attached hydrogens (tertiary/aromatic N) is 4. The standard InChI is InChI=1S/C23H25ClN4OS/c1-27(15-17-9-3-2-4-10-17)21(29)16-30-23-26-25-22(19-13-7-8-14-20(19)24)28(23)18-11-5-6-12-18/h2-4,7-10,13-14,18H,5-6,11-12,15-16H2,1H3. The lowest BCUT2D eigenvalue weighted by Gasteiger charge is -2.19. The maximum atomic E-state index is 12.7. The van der Waals surface area contributed by atoms with E-state index >= 15 is 0 Å². The summed E-state index contributed by atoms with van der Waals surface area (Å²) in [4.78, 5) is 14.5. The molecule has 1 aliphatic rings. The first-order valence-electron chi connectivity index (χ1n) is 10.2. The molecule has 156 valence electrons. The van der Waals surface area contributed by atoms with Gasteiger partial charge in [0.15, 0.2) is 11.0 Å². The first-order valence-corrected chi connectivity index (χ1v) is 11.6. The van der Waals surface area contributed by atoms with Crippen molar-refractivity contribution >= 4 is 29.3 Å². The lowest BCUT2D eigenvalue weighted by molar-refractivity contribution is -0.127. The van der Waals surface area contributed by atoms with Gasteiger partial charge in [0.25, 0.3) is 0 Å². The van der Waals surface area contributed by atoms with Gasteiger partial charge in [-0.1, -0.05) is 78.7 Å². The smallest absolute Gasteiger partial charge is 0.233 e. The molecular weight excluding hydrogens is 416 g/mol. The molecule has 0 N–H and O–H groups in total. The number of amides is 1. The van der Waals surface area contributed by atoms with Crippen molar-refractivity contribution in [2.24, 2.45) is 0 Å². The van der Waals surface area contributed by atoms with Gasteiger partial charge in [0.2, 0.25) is 5.91 Å². The van der Waals surface area contributed by atoms with E-state index in [-0.39, 0.29) is 5.91 Å². The maximum Gasteiger partial charge on any atom is 0.233 e. The minimum absolute atomic E-state index is 0.0733. The van der Waals surface area contributed by atoms with Crippen LogP contribution in [0.1, 0.15) is 37.3 Å². The fourth-order valence-corrected chi connectivity index (χ4v) is 5.04. The van der Waals surface area contributed by atoms with Crippen molar-refractivity contribution in [3.8, 4) is 11.4 Å². The number of carbonyl (C=O) groups excluding carboxylic acids is 1. The van der Waals surface area contributed by atoms with Crippen LogP contribution in [0.15, 0.2) is 59.8 Å². The number of halogens is 1. The van der Waals surface area contributed by atoms with Gasteiger partial charge in [0.1, 0.15) is 0 Å². The molecule has 1 fully saturated rings. The van der Waals surface area contributed by atoms with Gasteiger partial charge in [-0.25, -0.2) is 0 Å². The van der Waals surface area contributed by atoms with E-state index in [0.29, 0.717) is 23.4 Å². The first kappa shape index (κ1) is 20.9. The Morgan fingerprint density at radius 2 is 1.80 bits per heavy atom. The average Bonchev–Trinajstić information content (AvgIpc) is 3.42. The molecule has 0 aliphatic heterocycles. The van der Waals surface area contributed by atoms with Crippen LogP contribution in [-0.4, -0.2) is 38.4 Å². The normalized spacial score (nSPS) is 14.2. The third-order valence-electron chi connectivity index (χ3n) is 5.48. The monoisotopic (exact) mass is 440 g/mol. The highest BCUT2D eigenvalue weighted by atomic mass is 35.5. The van der Waals surface area contributed by atoms with Crippen LogP contribution in [-0.2, 0) is 11.3 Å². The van der Waals surface area contributed by atoms with Crippen molar-refractivity contribution < 1.29 is 4.79 Å². The van der Waals surface area contributed by atoms with Gasteiger partial charge in [-0.15, -0.1) is 10.2 Å². The number of hydrogen-bond acceptors (Lipinski definition) is 4. The van der Waals surface area contributed by atoms with E-state index in [1.165, 1.54) is 24.6 Å². The largest absolute Gasteiger partial charge is 0.341 e. The van der Waals surface area contributed by atoms with Crippen molar-refractivity contribution in [3.05, 3.63) is 65.2 Å². The SMILES string of the molecule is CN(Cc1ccccc1)C(=O)CSc1nnc(-c2ccccc2Cl)n1C1CCCC1. The summed E-state index contributed by atoms with van der Waals surface area (Å²) in [6.45, 7) is 0.598. The molecule has 0 spiro atoms. The Bertz CT molecular complexity index is 1000. The van der Waals surface area contributed by atoms with Gasteiger partial charge in [-0.3, -0.25) is 9.36 Å². The van der Waals surface area contributed by atoms with Crippen LogP contribution < -0.4 is 0 Å². The van der Waals surface area contributed by atoms with E-state index in [1.54, 1.807) is 4.90 Å². The summed E-state index contributed by atoms with van der Waals surface area (Å²) < 4.78 is 2.20. The highest BCUT2D eigenvalue weighted by Gasteiger charge is 2.26. The Balaban J connectivity index is 1.51. The molecule has 0 bridgehead atoms. The van der Waals surface area contributed by atoms with Crippen molar-refractivity contribution in [3.63, 3.8) is 0 Å². The van der Waals surface area contributed by atoms with Crippen molar-refractivity contribution in [2.45, 2.75) is 43.4 Å². The lowest BCUT2D eigenvalue weighted by atomic mass is 10.2. The van der Waals surface area contributed by atoms with Gasteiger partial charge in [-0.05, 0) is 30.5 Å². The molecule has 7 heteroatoms. The molecule has 3 aromatic rings. The second-order valence-corrected chi connectivity index (χ2v) is 8.97. The summed E-state index contributed by atoms with van der Waals surface area (Å²) in [5.74, 6) is 1.20. The number of hydrogen-bond donors (Lipinski definition) is 0. The molecule has 1 aromatic heterocycles. The summed E-state index contributed by atoms with van der Waals surface area (Å²) in [6, 6.07) is 18.1. The van der Waals surface area contributed by atoms with Crippen LogP contribution in [0.25, 0.3) is 11.4 Å². The predicted octanol–water partition coefficient (Wildman–Crippen LogP) is 5.46. The van der Waals surface area contributed by atoms with E-state index in [9.17, 15) is 4.79 Å². The third-order valence-corrected chi connectivity index (χ3v) is 6.74. The van der Waals surface area contributed by atoms with Gasteiger partial charge < -0.3 is 4.90 Å². The van der Waals surface area contributed by atoms with E-state index in [1.807, 2.05) is 61.6 Å². The summed E-state index contributed by atoms with van der Waals surface area (Å²) in [5, 5.41) is 10.4. The van der Waals surface area contributed by atoms with E-state index in [4.69, 9.17) is 11.6 Å². The van der Waals surface area contributed by atoms with Crippen LogP contribution in [0.4, 0.5) is 0 Å². The van der Waals surface area contributed by atoms with Crippen molar-refractivity contribution in [1.29, 1.82) is 0 Å². The van der Waals surface area contributed by atoms with E-state index < -0.39 is 0 Å². The van der Waals surface area contributed by atoms with Crippen LogP contribution in [0, 0.1) is 0 Å². The van der Waals surface area contributed by atoms with Crippen LogP contribution >= 0.6 is 23.4 Å². The Morgan fingerprint density at radius 1 is 1.10 bits per heavy atom. The Morgan fingerprint density at radius 3 is 2.53 bits per heavy atom. The zero-order chi connectivity index (χ0) is 20.9. The highest BCUT2D eigenvalue weighted by Crippen LogP contribution is 2.38. The van der Waals surface area contributed by atoms with Gasteiger partial charge >= 0.3 is 0 Å². The molecule has 0 saturated heterocycles. The number of aromatic nitrogens is 3. The van der Waals surface area contributed by atoms with Gasteiger partial charge in [0.05, 0.1) is 10.8 Å². The Kier molecular flexibility index (Phi) is 6.75. The average molecular weight is 441 g/mol. The molecule has 0 atom stereocenters. The molecular formula is C23H25ClN4OS. The van der Waals surface area contributed by atoms with E-state index in [0.717, 1.165) is 34.9 Å². The Hall–Kier alpha value is -2.31. The van der Waals surface area contributed by atoms with Gasteiger partial charge in [-0.2, -0.15) is 0 Å². The molecule has 1 saturated carbocycles. The molecule has 1 aliphatic carbocycles. The minimum atomic E-state index is 0.0733. The fraction of sp³-hybridized carbons (Fsp3) is 0.348. The first-order chi connectivity index (χ1) is 14.6. The van der Waals surface area contributed by atoms with E-state index in [2.05, 4.69) is 14.8 Å². The molecule has 0 radical (unpaired) electrons. The van der Waals surface area contributed by atoms with Crippen LogP contribution in [0.5, 0.6) is 0 Å². The maximum absolute atomic E-state index is 12.7. The molecule has 5 nitrogen and oxygen atoms in total. The molecule has 1 heterocycles. The lowest BCUT2D eigenvalue weighted by Crippen LogP contribution is -2.28. The quantitative estimate of drug-likeness (QED) is 0.457. The highest BCUT2D eigenvalue weighted by molar-refractivity contribution is 7.99. The van der Waals surface area contributed by atoms with Crippen LogP contribution in [0.2, 0.25) is 5.02 Å². The fourth-order valence-electron chi connectivity index (χ4n) is 3.88.